The number of aryl methyl sites for hydroxylation is 2. The van der Waals surface area contributed by atoms with Crippen LogP contribution in [0.1, 0.15) is 36.8 Å². The van der Waals surface area contributed by atoms with E-state index in [2.05, 4.69) is 11.4 Å². The minimum Gasteiger partial charge on any atom is -0.496 e. The van der Waals surface area contributed by atoms with E-state index in [1.54, 1.807) is 7.11 Å². The normalized spacial score (nSPS) is 10.2. The summed E-state index contributed by atoms with van der Waals surface area (Å²) in [4.78, 5) is 21.9. The molecule has 1 aromatic rings. The Balaban J connectivity index is 2.22. The van der Waals surface area contributed by atoms with Crippen LogP contribution in [-0.2, 0) is 16.0 Å². The minimum atomic E-state index is -0.834. The van der Waals surface area contributed by atoms with E-state index in [1.165, 1.54) is 5.56 Å². The van der Waals surface area contributed by atoms with E-state index >= 15 is 0 Å². The molecule has 116 valence electrons. The first-order valence-electron chi connectivity index (χ1n) is 7.15. The zero-order valence-electron chi connectivity index (χ0n) is 12.6. The Kier molecular flexibility index (Phi) is 7.29. The van der Waals surface area contributed by atoms with Crippen LogP contribution < -0.4 is 10.1 Å². The fourth-order valence-electron chi connectivity index (χ4n) is 2.10. The summed E-state index contributed by atoms with van der Waals surface area (Å²) in [6.07, 6.45) is 2.63. The molecule has 0 saturated heterocycles. The van der Waals surface area contributed by atoms with Crippen molar-refractivity contribution in [2.45, 2.75) is 39.0 Å². The highest BCUT2D eigenvalue weighted by Crippen LogP contribution is 2.19. The van der Waals surface area contributed by atoms with Crippen LogP contribution >= 0.6 is 0 Å². The quantitative estimate of drug-likeness (QED) is 0.685. The van der Waals surface area contributed by atoms with Crippen molar-refractivity contribution in [1.82, 2.24) is 5.32 Å². The number of carboxylic acid groups (broad SMARTS) is 1. The van der Waals surface area contributed by atoms with Gasteiger partial charge in [0.15, 0.2) is 0 Å². The maximum absolute atomic E-state index is 11.6. The van der Waals surface area contributed by atoms with E-state index in [4.69, 9.17) is 9.84 Å². The van der Waals surface area contributed by atoms with Gasteiger partial charge in [0.1, 0.15) is 5.75 Å². The number of hydrogen-bond donors (Lipinski definition) is 2. The van der Waals surface area contributed by atoms with Gasteiger partial charge in [-0.25, -0.2) is 0 Å². The Morgan fingerprint density at radius 2 is 2.00 bits per heavy atom. The molecule has 0 bridgehead atoms. The molecule has 2 N–H and O–H groups in total. The fraction of sp³-hybridized carbons (Fsp3) is 0.500. The van der Waals surface area contributed by atoms with Gasteiger partial charge in [-0.05, 0) is 43.4 Å². The van der Waals surface area contributed by atoms with Gasteiger partial charge in [-0.1, -0.05) is 12.1 Å². The van der Waals surface area contributed by atoms with E-state index in [9.17, 15) is 9.59 Å². The highest BCUT2D eigenvalue weighted by molar-refractivity contribution is 5.75. The average molecular weight is 293 g/mol. The van der Waals surface area contributed by atoms with E-state index in [-0.39, 0.29) is 12.3 Å². The number of carbonyl (C=O) groups is 2. The third-order valence-corrected chi connectivity index (χ3v) is 3.22. The highest BCUT2D eigenvalue weighted by atomic mass is 16.5. The van der Waals surface area contributed by atoms with Crippen LogP contribution in [0.15, 0.2) is 18.2 Å². The third kappa shape index (κ3) is 6.79. The smallest absolute Gasteiger partial charge is 0.303 e. The molecule has 0 radical (unpaired) electrons. The van der Waals surface area contributed by atoms with Crippen LogP contribution in [-0.4, -0.2) is 30.6 Å². The molecule has 1 amide bonds. The summed E-state index contributed by atoms with van der Waals surface area (Å²) < 4.78 is 5.21. The Bertz CT molecular complexity index is 485. The molecule has 0 heterocycles. The van der Waals surface area contributed by atoms with Gasteiger partial charge < -0.3 is 15.2 Å². The summed E-state index contributed by atoms with van der Waals surface area (Å²) >= 11 is 0. The second-order valence-corrected chi connectivity index (χ2v) is 5.00. The van der Waals surface area contributed by atoms with Gasteiger partial charge in [0.2, 0.25) is 5.91 Å². The maximum atomic E-state index is 11.6. The summed E-state index contributed by atoms with van der Waals surface area (Å²) in [6.45, 7) is 2.42. The first kappa shape index (κ1) is 17.0. The van der Waals surface area contributed by atoms with Crippen LogP contribution in [0.25, 0.3) is 0 Å². The third-order valence-electron chi connectivity index (χ3n) is 3.22. The largest absolute Gasteiger partial charge is 0.496 e. The lowest BCUT2D eigenvalue weighted by Gasteiger charge is -2.08. The van der Waals surface area contributed by atoms with Gasteiger partial charge in [-0.3, -0.25) is 9.59 Å². The average Bonchev–Trinajstić information content (AvgIpc) is 2.43. The second kappa shape index (κ2) is 9.00. The van der Waals surface area contributed by atoms with Crippen molar-refractivity contribution >= 4 is 11.9 Å². The summed E-state index contributed by atoms with van der Waals surface area (Å²) in [5, 5.41) is 11.2. The monoisotopic (exact) mass is 293 g/mol. The standard InChI is InChI=1S/C16H23NO4/c1-12-11-13(8-9-14(12)21-2)5-3-6-15(18)17-10-4-7-16(19)20/h8-9,11H,3-7,10H2,1-2H3,(H,17,18)(H,19,20). The highest BCUT2D eigenvalue weighted by Gasteiger charge is 2.04. The lowest BCUT2D eigenvalue weighted by Crippen LogP contribution is -2.24. The molecule has 0 spiro atoms. The maximum Gasteiger partial charge on any atom is 0.303 e. The van der Waals surface area contributed by atoms with Crippen molar-refractivity contribution in [3.05, 3.63) is 29.3 Å². The lowest BCUT2D eigenvalue weighted by atomic mass is 10.0. The lowest BCUT2D eigenvalue weighted by molar-refractivity contribution is -0.137. The number of hydrogen-bond acceptors (Lipinski definition) is 3. The summed E-state index contributed by atoms with van der Waals surface area (Å²) in [5.74, 6) is 0.0136. The van der Waals surface area contributed by atoms with Gasteiger partial charge in [0.05, 0.1) is 7.11 Å². The SMILES string of the molecule is COc1ccc(CCCC(=O)NCCCC(=O)O)cc1C. The zero-order chi connectivity index (χ0) is 15.7. The van der Waals surface area contributed by atoms with Crippen LogP contribution in [0.5, 0.6) is 5.75 Å². The number of benzene rings is 1. The molecular formula is C16H23NO4. The number of aliphatic carboxylic acids is 1. The van der Waals surface area contributed by atoms with Crippen LogP contribution in [0, 0.1) is 6.92 Å². The predicted molar refractivity (Wildman–Crippen MR) is 80.5 cm³/mol. The Morgan fingerprint density at radius 3 is 2.62 bits per heavy atom. The Labute approximate surface area is 125 Å². The van der Waals surface area contributed by atoms with Gasteiger partial charge in [0, 0.05) is 19.4 Å². The summed E-state index contributed by atoms with van der Waals surface area (Å²) in [7, 11) is 1.65. The van der Waals surface area contributed by atoms with Crippen LogP contribution in [0.2, 0.25) is 0 Å². The predicted octanol–water partition coefficient (Wildman–Crippen LogP) is 2.31. The molecule has 0 atom stereocenters. The van der Waals surface area contributed by atoms with E-state index < -0.39 is 5.97 Å². The second-order valence-electron chi connectivity index (χ2n) is 5.00. The van der Waals surface area contributed by atoms with Crippen molar-refractivity contribution in [1.29, 1.82) is 0 Å². The van der Waals surface area contributed by atoms with Crippen LogP contribution in [0.3, 0.4) is 0 Å². The molecule has 0 fully saturated rings. The molecule has 5 heteroatoms. The zero-order valence-corrected chi connectivity index (χ0v) is 12.6. The number of methoxy groups -OCH3 is 1. The van der Waals surface area contributed by atoms with E-state index in [0.717, 1.165) is 24.2 Å². The molecule has 0 aromatic heterocycles. The number of amides is 1. The number of carbonyl (C=O) groups excluding carboxylic acids is 1. The van der Waals surface area contributed by atoms with E-state index in [0.29, 0.717) is 19.4 Å². The minimum absolute atomic E-state index is 0.0226. The van der Waals surface area contributed by atoms with Crippen molar-refractivity contribution < 1.29 is 19.4 Å². The van der Waals surface area contributed by atoms with E-state index in [1.807, 2.05) is 19.1 Å². The molecule has 1 rings (SSSR count). The van der Waals surface area contributed by atoms with Crippen molar-refractivity contribution in [2.24, 2.45) is 0 Å². The molecule has 0 aliphatic rings. The molecule has 0 saturated carbocycles. The Morgan fingerprint density at radius 1 is 1.24 bits per heavy atom. The summed E-state index contributed by atoms with van der Waals surface area (Å²) in [6, 6.07) is 6.02. The molecule has 0 aliphatic heterocycles. The first-order valence-corrected chi connectivity index (χ1v) is 7.15. The molecule has 21 heavy (non-hydrogen) atoms. The molecule has 0 unspecified atom stereocenters. The van der Waals surface area contributed by atoms with Crippen LogP contribution in [0.4, 0.5) is 0 Å². The van der Waals surface area contributed by atoms with Gasteiger partial charge in [-0.2, -0.15) is 0 Å². The number of carboxylic acids is 1. The Hall–Kier alpha value is -2.04. The van der Waals surface area contributed by atoms with Crippen molar-refractivity contribution in [3.8, 4) is 5.75 Å². The molecule has 1 aromatic carbocycles. The summed E-state index contributed by atoms with van der Waals surface area (Å²) in [5.41, 5.74) is 2.28. The van der Waals surface area contributed by atoms with Crippen molar-refractivity contribution in [2.75, 3.05) is 13.7 Å². The molecule has 0 aliphatic carbocycles. The first-order chi connectivity index (χ1) is 10.0. The van der Waals surface area contributed by atoms with Gasteiger partial charge >= 0.3 is 5.97 Å². The topological polar surface area (TPSA) is 75.6 Å². The number of rotatable bonds is 9. The number of ether oxygens (including phenoxy) is 1. The van der Waals surface area contributed by atoms with Crippen molar-refractivity contribution in [3.63, 3.8) is 0 Å². The number of nitrogens with one attached hydrogen (secondary N) is 1. The molecule has 5 nitrogen and oxygen atoms in total. The fourth-order valence-corrected chi connectivity index (χ4v) is 2.10. The molecular weight excluding hydrogens is 270 g/mol. The van der Waals surface area contributed by atoms with Gasteiger partial charge in [0.25, 0.3) is 0 Å². The van der Waals surface area contributed by atoms with Gasteiger partial charge in [-0.15, -0.1) is 0 Å².